The lowest BCUT2D eigenvalue weighted by Gasteiger charge is -2.22. The summed E-state index contributed by atoms with van der Waals surface area (Å²) in [4.78, 5) is 15.7. The standard InChI is InChI=1S/C19H13N3S2/c1-2-7-13-12(6-1)21-19(22-13)18-17(16-10-5-11-23-16)20-14-8-3-4-9-15(14)24-18/h1-11,18H,(H,21,22)/t18-/m1/s1. The second kappa shape index (κ2) is 5.61. The average Bonchev–Trinajstić information content (AvgIpc) is 3.30. The Balaban J connectivity index is 1.68. The Bertz CT molecular complexity index is 1010. The molecule has 2 aromatic carbocycles. The van der Waals surface area contributed by atoms with Crippen LogP contribution < -0.4 is 0 Å². The number of benzene rings is 2. The second-order valence-electron chi connectivity index (χ2n) is 5.58. The van der Waals surface area contributed by atoms with Gasteiger partial charge in [-0.25, -0.2) is 9.98 Å². The predicted octanol–water partition coefficient (Wildman–Crippen LogP) is 5.59. The lowest BCUT2D eigenvalue weighted by molar-refractivity contribution is 1.07. The molecule has 1 N–H and O–H groups in total. The fourth-order valence-corrected chi connectivity index (χ4v) is 4.89. The van der Waals surface area contributed by atoms with Gasteiger partial charge in [-0.15, -0.1) is 23.1 Å². The quantitative estimate of drug-likeness (QED) is 0.513. The van der Waals surface area contributed by atoms with E-state index >= 15 is 0 Å². The van der Waals surface area contributed by atoms with Crippen LogP contribution in [0.5, 0.6) is 0 Å². The van der Waals surface area contributed by atoms with Crippen LogP contribution in [0.4, 0.5) is 5.69 Å². The lowest BCUT2D eigenvalue weighted by atomic mass is 10.2. The molecule has 0 saturated heterocycles. The number of aromatic nitrogens is 2. The van der Waals surface area contributed by atoms with Crippen LogP contribution in [0.25, 0.3) is 11.0 Å². The maximum atomic E-state index is 4.96. The maximum absolute atomic E-state index is 4.96. The molecule has 4 aromatic rings. The molecule has 0 unspecified atom stereocenters. The number of aliphatic imine (C=N–C) groups is 1. The van der Waals surface area contributed by atoms with E-state index in [4.69, 9.17) is 9.98 Å². The van der Waals surface area contributed by atoms with Crippen molar-refractivity contribution in [3.8, 4) is 0 Å². The van der Waals surface area contributed by atoms with Crippen LogP contribution in [-0.4, -0.2) is 15.7 Å². The number of imidazole rings is 1. The number of thioether (sulfide) groups is 1. The molecule has 1 aliphatic rings. The molecule has 0 spiro atoms. The monoisotopic (exact) mass is 347 g/mol. The first kappa shape index (κ1) is 14.0. The van der Waals surface area contributed by atoms with Gasteiger partial charge in [0, 0.05) is 4.90 Å². The summed E-state index contributed by atoms with van der Waals surface area (Å²) in [6.07, 6.45) is 0. The molecule has 24 heavy (non-hydrogen) atoms. The summed E-state index contributed by atoms with van der Waals surface area (Å²) < 4.78 is 0. The molecule has 5 heteroatoms. The molecule has 0 aliphatic carbocycles. The predicted molar refractivity (Wildman–Crippen MR) is 102 cm³/mol. The van der Waals surface area contributed by atoms with E-state index in [0.29, 0.717) is 0 Å². The van der Waals surface area contributed by atoms with Crippen LogP contribution in [0.1, 0.15) is 16.0 Å². The van der Waals surface area contributed by atoms with E-state index in [-0.39, 0.29) is 5.25 Å². The summed E-state index contributed by atoms with van der Waals surface area (Å²) in [6, 6.07) is 20.7. The van der Waals surface area contributed by atoms with Gasteiger partial charge >= 0.3 is 0 Å². The Morgan fingerprint density at radius 3 is 2.67 bits per heavy atom. The molecule has 1 aliphatic heterocycles. The van der Waals surface area contributed by atoms with Crippen molar-refractivity contribution in [1.29, 1.82) is 0 Å². The molecule has 3 heterocycles. The number of thiophene rings is 1. The number of nitrogens with one attached hydrogen (secondary N) is 1. The third kappa shape index (κ3) is 2.28. The molecule has 0 saturated carbocycles. The number of rotatable bonds is 2. The van der Waals surface area contributed by atoms with Crippen LogP contribution in [0.3, 0.4) is 0 Å². The van der Waals surface area contributed by atoms with Crippen molar-refractivity contribution in [2.45, 2.75) is 10.1 Å². The molecule has 116 valence electrons. The first-order chi connectivity index (χ1) is 11.9. The molecular weight excluding hydrogens is 334 g/mol. The fourth-order valence-electron chi connectivity index (χ4n) is 2.91. The average molecular weight is 347 g/mol. The van der Waals surface area contributed by atoms with E-state index in [2.05, 4.69) is 46.8 Å². The van der Waals surface area contributed by atoms with Crippen molar-refractivity contribution < 1.29 is 0 Å². The molecule has 0 amide bonds. The highest BCUT2D eigenvalue weighted by molar-refractivity contribution is 8.00. The number of nitrogens with zero attached hydrogens (tertiary/aromatic N) is 2. The van der Waals surface area contributed by atoms with Gasteiger partial charge in [0.2, 0.25) is 0 Å². The minimum Gasteiger partial charge on any atom is -0.341 e. The van der Waals surface area contributed by atoms with Gasteiger partial charge in [0.05, 0.1) is 27.3 Å². The van der Waals surface area contributed by atoms with Crippen molar-refractivity contribution in [3.05, 3.63) is 76.7 Å². The van der Waals surface area contributed by atoms with Crippen LogP contribution in [0.15, 0.2) is 75.9 Å². The molecule has 0 radical (unpaired) electrons. The Kier molecular flexibility index (Phi) is 3.28. The molecular formula is C19H13N3S2. The van der Waals surface area contributed by atoms with Crippen molar-refractivity contribution in [1.82, 2.24) is 9.97 Å². The fraction of sp³-hybridized carbons (Fsp3) is 0.0526. The Morgan fingerprint density at radius 2 is 1.79 bits per heavy atom. The van der Waals surface area contributed by atoms with Gasteiger partial charge in [0.25, 0.3) is 0 Å². The first-order valence-electron chi connectivity index (χ1n) is 7.71. The van der Waals surface area contributed by atoms with Crippen LogP contribution in [0, 0.1) is 0 Å². The molecule has 0 bridgehead atoms. The number of hydrogen-bond donors (Lipinski definition) is 1. The van der Waals surface area contributed by atoms with Gasteiger partial charge in [-0.3, -0.25) is 0 Å². The van der Waals surface area contributed by atoms with E-state index in [1.54, 1.807) is 11.3 Å². The number of hydrogen-bond acceptors (Lipinski definition) is 4. The van der Waals surface area contributed by atoms with E-state index in [1.807, 2.05) is 36.0 Å². The molecule has 3 nitrogen and oxygen atoms in total. The highest BCUT2D eigenvalue weighted by Gasteiger charge is 2.29. The van der Waals surface area contributed by atoms with E-state index in [9.17, 15) is 0 Å². The zero-order chi connectivity index (χ0) is 15.9. The third-order valence-electron chi connectivity index (χ3n) is 4.03. The smallest absolute Gasteiger partial charge is 0.126 e. The molecule has 2 aromatic heterocycles. The summed E-state index contributed by atoms with van der Waals surface area (Å²) in [5, 5.41) is 2.17. The van der Waals surface area contributed by atoms with Crippen LogP contribution in [-0.2, 0) is 0 Å². The Morgan fingerprint density at radius 1 is 0.917 bits per heavy atom. The zero-order valence-corrected chi connectivity index (χ0v) is 14.3. The van der Waals surface area contributed by atoms with Crippen molar-refractivity contribution >= 4 is 45.5 Å². The summed E-state index contributed by atoms with van der Waals surface area (Å²) in [6.45, 7) is 0. The largest absolute Gasteiger partial charge is 0.341 e. The molecule has 0 fully saturated rings. The van der Waals surface area contributed by atoms with Crippen molar-refractivity contribution in [2.75, 3.05) is 0 Å². The number of aromatic amines is 1. The third-order valence-corrected chi connectivity index (χ3v) is 6.20. The normalized spacial score (nSPS) is 16.8. The van der Waals surface area contributed by atoms with Gasteiger partial charge in [-0.05, 0) is 35.7 Å². The number of para-hydroxylation sites is 3. The van der Waals surface area contributed by atoms with Gasteiger partial charge < -0.3 is 4.98 Å². The van der Waals surface area contributed by atoms with E-state index in [0.717, 1.165) is 28.3 Å². The second-order valence-corrected chi connectivity index (χ2v) is 7.67. The van der Waals surface area contributed by atoms with E-state index < -0.39 is 0 Å². The van der Waals surface area contributed by atoms with Crippen molar-refractivity contribution in [3.63, 3.8) is 0 Å². The van der Waals surface area contributed by atoms with Crippen molar-refractivity contribution in [2.24, 2.45) is 4.99 Å². The summed E-state index contributed by atoms with van der Waals surface area (Å²) in [5.74, 6) is 0.961. The van der Waals surface area contributed by atoms with Gasteiger partial charge in [-0.2, -0.15) is 0 Å². The lowest BCUT2D eigenvalue weighted by Crippen LogP contribution is -2.14. The first-order valence-corrected chi connectivity index (χ1v) is 9.47. The summed E-state index contributed by atoms with van der Waals surface area (Å²) in [7, 11) is 0. The maximum Gasteiger partial charge on any atom is 0.126 e. The summed E-state index contributed by atoms with van der Waals surface area (Å²) >= 11 is 3.54. The van der Waals surface area contributed by atoms with Gasteiger partial charge in [0.1, 0.15) is 11.1 Å². The van der Waals surface area contributed by atoms with Crippen LogP contribution >= 0.6 is 23.1 Å². The molecule has 1 atom stereocenters. The minimum absolute atomic E-state index is 0.0750. The van der Waals surface area contributed by atoms with E-state index in [1.165, 1.54) is 9.77 Å². The topological polar surface area (TPSA) is 41.0 Å². The summed E-state index contributed by atoms with van der Waals surface area (Å²) in [5.41, 5.74) is 4.18. The zero-order valence-electron chi connectivity index (χ0n) is 12.6. The number of fused-ring (bicyclic) bond motifs is 2. The highest BCUT2D eigenvalue weighted by atomic mass is 32.2. The van der Waals surface area contributed by atoms with Gasteiger partial charge in [-0.1, -0.05) is 30.3 Å². The minimum atomic E-state index is 0.0750. The SMILES string of the molecule is c1csc(C2=Nc3ccccc3S[C@H]2c2nc3ccccc3[nH]2)c1. The van der Waals surface area contributed by atoms with Gasteiger partial charge in [0.15, 0.2) is 0 Å². The highest BCUT2D eigenvalue weighted by Crippen LogP contribution is 2.46. The Hall–Kier alpha value is -2.37. The Labute approximate surface area is 147 Å². The molecule has 5 rings (SSSR count). The number of H-pyrrole nitrogens is 1. The van der Waals surface area contributed by atoms with Crippen LogP contribution in [0.2, 0.25) is 0 Å².